The molecule has 3 aromatic rings. The minimum atomic E-state index is -0.377. The molecule has 0 fully saturated rings. The first-order valence-corrected chi connectivity index (χ1v) is 10.5. The molecule has 0 bridgehead atoms. The zero-order valence-electron chi connectivity index (χ0n) is 17.7. The lowest BCUT2D eigenvalue weighted by Gasteiger charge is -2.30. The van der Waals surface area contributed by atoms with Gasteiger partial charge in [0, 0.05) is 22.4 Å². The van der Waals surface area contributed by atoms with Crippen molar-refractivity contribution in [3.05, 3.63) is 100 Å². The highest BCUT2D eigenvalue weighted by Crippen LogP contribution is 2.35. The molecule has 3 aromatic carbocycles. The van der Waals surface area contributed by atoms with Crippen LogP contribution in [0, 0.1) is 0 Å². The lowest BCUT2D eigenvalue weighted by Crippen LogP contribution is -2.89. The molecule has 32 heavy (non-hydrogen) atoms. The average molecular weight is 452 g/mol. The fraction of sp³-hybridized carbons (Fsp3) is 0.160. The van der Waals surface area contributed by atoms with Crippen LogP contribution in [0.15, 0.2) is 72.8 Å². The lowest BCUT2D eigenvalue weighted by molar-refractivity contribution is -0.731. The zero-order chi connectivity index (χ0) is 22.7. The molecule has 2 atom stereocenters. The van der Waals surface area contributed by atoms with E-state index >= 15 is 0 Å². The number of halogens is 1. The number of phenols is 1. The summed E-state index contributed by atoms with van der Waals surface area (Å²) in [6.45, 7) is 0. The SMILES string of the molecule is COC(=O)c1ccc(C2NC(c3ccc(Cl)cc3)=CC(c3cccc(OC)c3O)[NH2+]2)cc1. The number of phenolic OH excluding ortho intramolecular Hbond substituents is 1. The maximum absolute atomic E-state index is 11.8. The summed E-state index contributed by atoms with van der Waals surface area (Å²) in [6, 6.07) is 20.2. The van der Waals surface area contributed by atoms with E-state index in [1.165, 1.54) is 14.2 Å². The summed E-state index contributed by atoms with van der Waals surface area (Å²) in [5.41, 5.74) is 4.10. The zero-order valence-corrected chi connectivity index (χ0v) is 18.5. The van der Waals surface area contributed by atoms with Gasteiger partial charge in [-0.05, 0) is 42.0 Å². The van der Waals surface area contributed by atoms with Gasteiger partial charge in [-0.15, -0.1) is 0 Å². The monoisotopic (exact) mass is 451 g/mol. The van der Waals surface area contributed by atoms with Gasteiger partial charge in [-0.2, -0.15) is 0 Å². The van der Waals surface area contributed by atoms with Crippen molar-refractivity contribution in [2.24, 2.45) is 0 Å². The Morgan fingerprint density at radius 2 is 1.75 bits per heavy atom. The van der Waals surface area contributed by atoms with E-state index in [9.17, 15) is 9.90 Å². The van der Waals surface area contributed by atoms with Gasteiger partial charge in [-0.25, -0.2) is 4.79 Å². The van der Waals surface area contributed by atoms with Crippen LogP contribution in [0.25, 0.3) is 5.70 Å². The summed E-state index contributed by atoms with van der Waals surface area (Å²) in [6.07, 6.45) is 1.91. The Balaban J connectivity index is 1.73. The van der Waals surface area contributed by atoms with Crippen LogP contribution in [-0.2, 0) is 4.74 Å². The summed E-state index contributed by atoms with van der Waals surface area (Å²) in [5, 5.41) is 17.1. The third-order valence-electron chi connectivity index (χ3n) is 5.51. The van der Waals surface area contributed by atoms with E-state index in [0.29, 0.717) is 16.3 Å². The quantitative estimate of drug-likeness (QED) is 0.514. The number of hydrogen-bond acceptors (Lipinski definition) is 5. The second-order valence-electron chi connectivity index (χ2n) is 7.44. The highest BCUT2D eigenvalue weighted by atomic mass is 35.5. The summed E-state index contributed by atoms with van der Waals surface area (Å²) < 4.78 is 10.1. The Labute approximate surface area is 191 Å². The molecule has 0 saturated heterocycles. The van der Waals surface area contributed by atoms with Crippen molar-refractivity contribution in [2.75, 3.05) is 14.2 Å². The molecular formula is C25H24ClN2O4+. The van der Waals surface area contributed by atoms with E-state index in [1.807, 2.05) is 48.5 Å². The maximum Gasteiger partial charge on any atom is 0.337 e. The Hall–Kier alpha value is -3.48. The van der Waals surface area contributed by atoms with Crippen LogP contribution in [0.3, 0.4) is 0 Å². The standard InChI is InChI=1S/C25H23ClN2O4/c1-31-22-5-3-4-19(23(22)29)21-14-20(15-10-12-18(26)13-11-15)27-24(28-21)16-6-8-17(9-7-16)25(30)32-2/h3-14,21,24,27-29H,1-2H3/p+1. The highest BCUT2D eigenvalue weighted by Gasteiger charge is 2.30. The first kappa shape index (κ1) is 21.7. The predicted octanol–water partition coefficient (Wildman–Crippen LogP) is 3.79. The second-order valence-corrected chi connectivity index (χ2v) is 7.88. The van der Waals surface area contributed by atoms with Crippen molar-refractivity contribution in [1.82, 2.24) is 5.32 Å². The van der Waals surface area contributed by atoms with Crippen molar-refractivity contribution in [3.8, 4) is 11.5 Å². The van der Waals surface area contributed by atoms with Crippen molar-refractivity contribution in [1.29, 1.82) is 0 Å². The van der Waals surface area contributed by atoms with Gasteiger partial charge >= 0.3 is 5.97 Å². The predicted molar refractivity (Wildman–Crippen MR) is 122 cm³/mol. The van der Waals surface area contributed by atoms with E-state index in [-0.39, 0.29) is 23.9 Å². The van der Waals surface area contributed by atoms with Crippen molar-refractivity contribution in [2.45, 2.75) is 12.2 Å². The van der Waals surface area contributed by atoms with E-state index in [4.69, 9.17) is 21.1 Å². The third-order valence-corrected chi connectivity index (χ3v) is 5.76. The molecule has 0 spiro atoms. The van der Waals surface area contributed by atoms with Gasteiger partial charge in [-0.1, -0.05) is 41.9 Å². The maximum atomic E-state index is 11.8. The molecule has 6 nitrogen and oxygen atoms in total. The van der Waals surface area contributed by atoms with E-state index in [1.54, 1.807) is 18.2 Å². The minimum absolute atomic E-state index is 0.115. The van der Waals surface area contributed by atoms with E-state index in [0.717, 1.165) is 22.4 Å². The number of nitrogens with two attached hydrogens (primary N) is 1. The number of aromatic hydroxyl groups is 1. The van der Waals surface area contributed by atoms with Crippen molar-refractivity contribution in [3.63, 3.8) is 0 Å². The average Bonchev–Trinajstić information content (AvgIpc) is 2.84. The number of carbonyl (C=O) groups is 1. The Morgan fingerprint density at radius 3 is 2.41 bits per heavy atom. The molecule has 2 unspecified atom stereocenters. The van der Waals surface area contributed by atoms with Gasteiger partial charge in [0.25, 0.3) is 0 Å². The van der Waals surface area contributed by atoms with E-state index < -0.39 is 0 Å². The number of esters is 1. The van der Waals surface area contributed by atoms with Crippen LogP contribution in [0.2, 0.25) is 5.02 Å². The van der Waals surface area contributed by atoms with Crippen molar-refractivity contribution < 1.29 is 24.7 Å². The largest absolute Gasteiger partial charge is 0.504 e. The molecule has 4 rings (SSSR count). The molecule has 1 heterocycles. The molecule has 0 aliphatic carbocycles. The van der Waals surface area contributed by atoms with Crippen molar-refractivity contribution >= 4 is 23.3 Å². The smallest absolute Gasteiger partial charge is 0.337 e. The Kier molecular flexibility index (Phi) is 6.35. The number of para-hydroxylation sites is 1. The number of quaternary nitrogens is 1. The normalized spacial score (nSPS) is 17.8. The molecule has 0 amide bonds. The summed E-state index contributed by atoms with van der Waals surface area (Å²) in [7, 11) is 2.90. The molecule has 164 valence electrons. The number of methoxy groups -OCH3 is 2. The number of carbonyl (C=O) groups excluding carboxylic acids is 1. The fourth-order valence-electron chi connectivity index (χ4n) is 3.82. The molecule has 0 radical (unpaired) electrons. The van der Waals surface area contributed by atoms with E-state index in [2.05, 4.69) is 16.7 Å². The number of rotatable bonds is 5. The van der Waals surface area contributed by atoms with Crippen LogP contribution in [-0.4, -0.2) is 25.3 Å². The topological polar surface area (TPSA) is 84.4 Å². The number of hydrogen-bond donors (Lipinski definition) is 3. The molecule has 1 aliphatic heterocycles. The summed E-state index contributed by atoms with van der Waals surface area (Å²) in [4.78, 5) is 11.8. The van der Waals surface area contributed by atoms with Crippen LogP contribution >= 0.6 is 11.6 Å². The fourth-order valence-corrected chi connectivity index (χ4v) is 3.95. The minimum Gasteiger partial charge on any atom is -0.504 e. The van der Waals surface area contributed by atoms with Gasteiger partial charge in [-0.3, -0.25) is 0 Å². The van der Waals surface area contributed by atoms with Gasteiger partial charge in [0.05, 0.1) is 25.3 Å². The number of ether oxygens (including phenoxy) is 2. The highest BCUT2D eigenvalue weighted by molar-refractivity contribution is 6.30. The summed E-state index contributed by atoms with van der Waals surface area (Å²) in [5.74, 6) is 0.164. The van der Waals surface area contributed by atoms with Crippen LogP contribution < -0.4 is 15.4 Å². The molecule has 0 aromatic heterocycles. The van der Waals surface area contributed by atoms with Gasteiger partial charge in [0.15, 0.2) is 17.7 Å². The van der Waals surface area contributed by atoms with Crippen LogP contribution in [0.5, 0.6) is 11.5 Å². The van der Waals surface area contributed by atoms with Gasteiger partial charge in [0.2, 0.25) is 0 Å². The van der Waals surface area contributed by atoms with Gasteiger partial charge in [0.1, 0.15) is 6.04 Å². The third kappa shape index (κ3) is 4.42. The first-order valence-electron chi connectivity index (χ1n) is 10.1. The number of benzene rings is 3. The summed E-state index contributed by atoms with van der Waals surface area (Å²) >= 11 is 6.08. The molecule has 0 saturated carbocycles. The molecule has 7 heteroatoms. The first-order chi connectivity index (χ1) is 15.5. The molecular weight excluding hydrogens is 428 g/mol. The Bertz CT molecular complexity index is 1140. The van der Waals surface area contributed by atoms with Crippen LogP contribution in [0.4, 0.5) is 0 Å². The number of nitrogens with one attached hydrogen (secondary N) is 1. The van der Waals surface area contributed by atoms with Gasteiger partial charge < -0.3 is 25.2 Å². The van der Waals surface area contributed by atoms with Crippen LogP contribution in [0.1, 0.15) is 39.3 Å². The lowest BCUT2D eigenvalue weighted by atomic mass is 9.97. The molecule has 1 aliphatic rings. The second kappa shape index (κ2) is 9.34. The Morgan fingerprint density at radius 1 is 1.03 bits per heavy atom. The molecule has 4 N–H and O–H groups in total.